The number of H-pyrrole nitrogens is 1. The van der Waals surface area contributed by atoms with E-state index in [1.54, 1.807) is 14.0 Å². The Morgan fingerprint density at radius 2 is 2.16 bits per heavy atom. The Balaban J connectivity index is 2.12. The Hall–Kier alpha value is -3.41. The number of hydrogen-bond donors (Lipinski definition) is 3. The fourth-order valence-corrected chi connectivity index (χ4v) is 2.48. The monoisotopic (exact) mass is 344 g/mol. The van der Waals surface area contributed by atoms with Gasteiger partial charge in [0.2, 0.25) is 0 Å². The number of carbonyl (C=O) groups excluding carboxylic acids is 1. The molecule has 0 unspecified atom stereocenters. The lowest BCUT2D eigenvalue weighted by Gasteiger charge is -2.02. The minimum atomic E-state index is -1.08. The number of aromatic nitrogens is 4. The summed E-state index contributed by atoms with van der Waals surface area (Å²) in [5.74, 6) is 2.45. The minimum Gasteiger partial charge on any atom is -0.371 e. The van der Waals surface area contributed by atoms with Crippen molar-refractivity contribution >= 4 is 22.8 Å². The van der Waals surface area contributed by atoms with Gasteiger partial charge in [0.05, 0.1) is 17.4 Å². The number of amides is 1. The maximum absolute atomic E-state index is 14.3. The summed E-state index contributed by atoms with van der Waals surface area (Å²) in [6, 6.07) is 1.35. The number of nitrogens with zero attached hydrogens (tertiary/aromatic N) is 3. The number of primary amides is 1. The first-order chi connectivity index (χ1) is 12.0. The summed E-state index contributed by atoms with van der Waals surface area (Å²) < 4.78 is 30.1. The number of rotatable bonds is 3. The normalized spacial score (nSPS) is 10.6. The van der Waals surface area contributed by atoms with Crippen LogP contribution in [0.1, 0.15) is 28.5 Å². The highest BCUT2D eigenvalue weighted by atomic mass is 19.2. The van der Waals surface area contributed by atoms with Crippen molar-refractivity contribution in [1.82, 2.24) is 19.7 Å². The van der Waals surface area contributed by atoms with Gasteiger partial charge >= 0.3 is 0 Å². The Labute approximate surface area is 141 Å². The quantitative estimate of drug-likeness (QED) is 0.628. The largest absolute Gasteiger partial charge is 0.371 e. The number of anilines is 1. The van der Waals surface area contributed by atoms with E-state index in [0.29, 0.717) is 12.1 Å². The molecule has 3 aromatic rings. The second kappa shape index (κ2) is 6.24. The molecule has 3 rings (SSSR count). The molecule has 0 atom stereocenters. The predicted molar refractivity (Wildman–Crippen MR) is 88.0 cm³/mol. The number of fused-ring (bicyclic) bond motifs is 1. The summed E-state index contributed by atoms with van der Waals surface area (Å²) in [5.41, 5.74) is 5.65. The van der Waals surface area contributed by atoms with Gasteiger partial charge in [-0.15, -0.1) is 0 Å². The molecule has 0 radical (unpaired) electrons. The van der Waals surface area contributed by atoms with E-state index in [2.05, 4.69) is 32.3 Å². The van der Waals surface area contributed by atoms with Crippen LogP contribution in [0, 0.1) is 23.5 Å². The Kier molecular flexibility index (Phi) is 4.10. The van der Waals surface area contributed by atoms with Gasteiger partial charge in [0.1, 0.15) is 16.8 Å². The molecule has 4 N–H and O–H groups in total. The highest BCUT2D eigenvalue weighted by molar-refractivity contribution is 5.99. The number of hydrogen-bond acceptors (Lipinski definition) is 4. The van der Waals surface area contributed by atoms with E-state index < -0.39 is 17.5 Å². The number of aromatic amines is 1. The zero-order valence-electron chi connectivity index (χ0n) is 13.4. The van der Waals surface area contributed by atoms with E-state index >= 15 is 0 Å². The average molecular weight is 344 g/mol. The van der Waals surface area contributed by atoms with Crippen LogP contribution in [0.4, 0.5) is 14.6 Å². The molecule has 0 saturated carbocycles. The summed E-state index contributed by atoms with van der Waals surface area (Å²) in [6.07, 6.45) is 1.43. The molecule has 7 nitrogen and oxygen atoms in total. The lowest BCUT2D eigenvalue weighted by Crippen LogP contribution is -2.13. The number of carbonyl (C=O) groups is 1. The van der Waals surface area contributed by atoms with Crippen LogP contribution in [0.2, 0.25) is 0 Å². The molecule has 2 aromatic heterocycles. The van der Waals surface area contributed by atoms with Crippen LogP contribution in [-0.2, 0) is 6.54 Å². The maximum Gasteiger partial charge on any atom is 0.255 e. The molecule has 128 valence electrons. The van der Waals surface area contributed by atoms with Crippen LogP contribution < -0.4 is 11.1 Å². The molecule has 0 aliphatic carbocycles. The average Bonchev–Trinajstić information content (AvgIpc) is 3.20. The van der Waals surface area contributed by atoms with Crippen LogP contribution in [0.5, 0.6) is 0 Å². The Bertz CT molecular complexity index is 1040. The molecule has 25 heavy (non-hydrogen) atoms. The van der Waals surface area contributed by atoms with E-state index in [-0.39, 0.29) is 28.2 Å². The topological polar surface area (TPSA) is 102 Å². The van der Waals surface area contributed by atoms with Crippen molar-refractivity contribution in [3.63, 3.8) is 0 Å². The number of nitrogens with one attached hydrogen (secondary N) is 2. The second-order valence-electron chi connectivity index (χ2n) is 5.14. The van der Waals surface area contributed by atoms with E-state index in [1.807, 2.05) is 0 Å². The lowest BCUT2D eigenvalue weighted by atomic mass is 10.1. The zero-order valence-corrected chi connectivity index (χ0v) is 13.4. The number of imidazole rings is 1. The first-order valence-electron chi connectivity index (χ1n) is 7.38. The minimum absolute atomic E-state index is 0.0484. The molecule has 1 aromatic carbocycles. The van der Waals surface area contributed by atoms with Gasteiger partial charge in [0.25, 0.3) is 5.91 Å². The summed E-state index contributed by atoms with van der Waals surface area (Å²) in [6.45, 7) is 2.26. The highest BCUT2D eigenvalue weighted by Crippen LogP contribution is 2.23. The summed E-state index contributed by atoms with van der Waals surface area (Å²) in [7, 11) is 1.56. The molecular formula is C16H14F2N6O. The van der Waals surface area contributed by atoms with Crippen molar-refractivity contribution < 1.29 is 13.6 Å². The fraction of sp³-hybridized carbons (Fsp3) is 0.188. The van der Waals surface area contributed by atoms with Gasteiger partial charge in [-0.3, -0.25) is 9.89 Å². The maximum atomic E-state index is 14.3. The van der Waals surface area contributed by atoms with E-state index in [4.69, 9.17) is 5.73 Å². The van der Waals surface area contributed by atoms with Gasteiger partial charge in [-0.05, 0) is 18.9 Å². The third-order valence-electron chi connectivity index (χ3n) is 3.70. The third kappa shape index (κ3) is 2.67. The predicted octanol–water partition coefficient (Wildman–Crippen LogP) is 1.60. The van der Waals surface area contributed by atoms with Crippen molar-refractivity contribution in [2.75, 3.05) is 12.4 Å². The van der Waals surface area contributed by atoms with Crippen LogP contribution in [0.25, 0.3) is 11.0 Å². The molecule has 0 spiro atoms. The second-order valence-corrected chi connectivity index (χ2v) is 5.14. The number of aryl methyl sites for hydroxylation is 1. The number of benzene rings is 1. The van der Waals surface area contributed by atoms with Crippen molar-refractivity contribution in [3.8, 4) is 11.8 Å². The Morgan fingerprint density at radius 1 is 1.40 bits per heavy atom. The van der Waals surface area contributed by atoms with E-state index in [0.717, 1.165) is 0 Å². The van der Waals surface area contributed by atoms with Crippen molar-refractivity contribution in [2.45, 2.75) is 13.5 Å². The first kappa shape index (κ1) is 16.4. The molecule has 0 aliphatic rings. The number of halogens is 2. The van der Waals surface area contributed by atoms with Crippen LogP contribution in [0.3, 0.4) is 0 Å². The van der Waals surface area contributed by atoms with Crippen molar-refractivity contribution in [2.24, 2.45) is 5.73 Å². The van der Waals surface area contributed by atoms with E-state index in [9.17, 15) is 13.6 Å². The molecule has 0 fully saturated rings. The standard InChI is InChI=1S/C16H14F2N6O/c1-3-24-7-21-10-6-8(12(17)13(18)14(10)24)4-5-9-11(15(19)25)16(20-2)23-22-9/h6-7H,3H2,1-2H3,(H2,19,25)(H2,20,22,23). The molecule has 9 heteroatoms. The van der Waals surface area contributed by atoms with Gasteiger partial charge < -0.3 is 15.6 Å². The van der Waals surface area contributed by atoms with Gasteiger partial charge in [0, 0.05) is 13.6 Å². The van der Waals surface area contributed by atoms with Gasteiger partial charge in [-0.2, -0.15) is 5.10 Å². The summed E-state index contributed by atoms with van der Waals surface area (Å²) >= 11 is 0. The van der Waals surface area contributed by atoms with Gasteiger partial charge in [0.15, 0.2) is 17.5 Å². The molecule has 0 saturated heterocycles. The smallest absolute Gasteiger partial charge is 0.255 e. The molecule has 0 bridgehead atoms. The molecule has 1 amide bonds. The van der Waals surface area contributed by atoms with Crippen LogP contribution in [-0.4, -0.2) is 32.7 Å². The van der Waals surface area contributed by atoms with Crippen molar-refractivity contribution in [1.29, 1.82) is 0 Å². The molecular weight excluding hydrogens is 330 g/mol. The molecule has 0 aliphatic heterocycles. The lowest BCUT2D eigenvalue weighted by molar-refractivity contribution is 0.100. The van der Waals surface area contributed by atoms with Crippen molar-refractivity contribution in [3.05, 3.63) is 40.8 Å². The SMILES string of the molecule is CCn1cnc2cc(C#Cc3[nH]nc(NC)c3C(N)=O)c(F)c(F)c21. The Morgan fingerprint density at radius 3 is 2.80 bits per heavy atom. The van der Waals surface area contributed by atoms with Crippen LogP contribution in [0.15, 0.2) is 12.4 Å². The van der Waals surface area contributed by atoms with Gasteiger partial charge in [-0.1, -0.05) is 5.92 Å². The summed E-state index contributed by atoms with van der Waals surface area (Å²) in [5, 5.41) is 9.08. The van der Waals surface area contributed by atoms with Crippen LogP contribution >= 0.6 is 0 Å². The van der Waals surface area contributed by atoms with E-state index in [1.165, 1.54) is 17.0 Å². The first-order valence-corrected chi connectivity index (χ1v) is 7.38. The fourth-order valence-electron chi connectivity index (χ4n) is 2.48. The third-order valence-corrected chi connectivity index (χ3v) is 3.70. The summed E-state index contributed by atoms with van der Waals surface area (Å²) in [4.78, 5) is 15.6. The number of nitrogens with two attached hydrogens (primary N) is 1. The van der Waals surface area contributed by atoms with Gasteiger partial charge in [-0.25, -0.2) is 13.8 Å². The highest BCUT2D eigenvalue weighted by Gasteiger charge is 2.18. The zero-order chi connectivity index (χ0) is 18.1. The molecule has 2 heterocycles.